The van der Waals surface area contributed by atoms with Gasteiger partial charge in [0.25, 0.3) is 5.91 Å². The van der Waals surface area contributed by atoms with Crippen LogP contribution in [0.15, 0.2) is 30.3 Å². The van der Waals surface area contributed by atoms with E-state index in [0.29, 0.717) is 25.1 Å². The van der Waals surface area contributed by atoms with Crippen molar-refractivity contribution < 1.29 is 19.1 Å². The quantitative estimate of drug-likeness (QED) is 0.782. The zero-order valence-electron chi connectivity index (χ0n) is 16.8. The molecule has 2 fully saturated rings. The summed E-state index contributed by atoms with van der Waals surface area (Å²) in [5.41, 5.74) is 0.701. The summed E-state index contributed by atoms with van der Waals surface area (Å²) in [5, 5.41) is 2.99. The maximum Gasteiger partial charge on any atom is 0.251 e. The molecule has 0 bridgehead atoms. The first-order valence-electron chi connectivity index (χ1n) is 10.2. The summed E-state index contributed by atoms with van der Waals surface area (Å²) in [6.45, 7) is 5.39. The highest BCUT2D eigenvalue weighted by Crippen LogP contribution is 2.44. The molecule has 3 atom stereocenters. The number of ketones is 1. The van der Waals surface area contributed by atoms with Gasteiger partial charge in [0.15, 0.2) is 5.78 Å². The number of carbonyl (C=O) groups excluding carboxylic acids is 3. The van der Waals surface area contributed by atoms with Gasteiger partial charge in [-0.25, -0.2) is 0 Å². The Morgan fingerprint density at radius 3 is 2.68 bits per heavy atom. The fourth-order valence-corrected chi connectivity index (χ4v) is 4.37. The lowest BCUT2D eigenvalue weighted by molar-refractivity contribution is -0.146. The molecule has 2 aliphatic rings. The molecule has 6 nitrogen and oxygen atoms in total. The molecule has 1 saturated heterocycles. The Kier molecular flexibility index (Phi) is 6.50. The van der Waals surface area contributed by atoms with Crippen LogP contribution in [0.25, 0.3) is 0 Å². The highest BCUT2D eigenvalue weighted by Gasteiger charge is 2.41. The second-order valence-corrected chi connectivity index (χ2v) is 8.26. The lowest BCUT2D eigenvalue weighted by Gasteiger charge is -2.30. The third kappa shape index (κ3) is 4.79. The van der Waals surface area contributed by atoms with Crippen LogP contribution >= 0.6 is 0 Å². The molecule has 6 heteroatoms. The fraction of sp³-hybridized carbons (Fsp3) is 0.591. The average Bonchev–Trinajstić information content (AvgIpc) is 3.29. The summed E-state index contributed by atoms with van der Waals surface area (Å²) in [7, 11) is 0. The third-order valence-corrected chi connectivity index (χ3v) is 6.05. The Labute approximate surface area is 166 Å². The summed E-state index contributed by atoms with van der Waals surface area (Å²) in [5.74, 6) is 0.0602. The highest BCUT2D eigenvalue weighted by atomic mass is 16.5. The zero-order chi connectivity index (χ0) is 20.1. The summed E-state index contributed by atoms with van der Waals surface area (Å²) >= 11 is 0. The van der Waals surface area contributed by atoms with Crippen LogP contribution in [0.1, 0.15) is 56.3 Å². The molecule has 1 aromatic carbocycles. The van der Waals surface area contributed by atoms with Crippen molar-refractivity contribution in [2.45, 2.75) is 52.2 Å². The van der Waals surface area contributed by atoms with Crippen molar-refractivity contribution in [1.82, 2.24) is 10.2 Å². The van der Waals surface area contributed by atoms with Crippen LogP contribution in [-0.4, -0.2) is 48.4 Å². The molecule has 28 heavy (non-hydrogen) atoms. The van der Waals surface area contributed by atoms with E-state index in [2.05, 4.69) is 12.2 Å². The van der Waals surface area contributed by atoms with Crippen molar-refractivity contribution in [3.05, 3.63) is 35.9 Å². The van der Waals surface area contributed by atoms with Crippen LogP contribution in [-0.2, 0) is 14.3 Å². The normalized spacial score (nSPS) is 27.0. The topological polar surface area (TPSA) is 75.7 Å². The summed E-state index contributed by atoms with van der Waals surface area (Å²) in [6.07, 6.45) is 3.37. The minimum Gasteiger partial charge on any atom is -0.352 e. The average molecular weight is 386 g/mol. The lowest BCUT2D eigenvalue weighted by atomic mass is 9.84. The predicted molar refractivity (Wildman–Crippen MR) is 106 cm³/mol. The van der Waals surface area contributed by atoms with E-state index in [1.807, 2.05) is 25.1 Å². The van der Waals surface area contributed by atoms with Crippen molar-refractivity contribution in [1.29, 1.82) is 0 Å². The van der Waals surface area contributed by atoms with Gasteiger partial charge < -0.3 is 15.0 Å². The van der Waals surface area contributed by atoms with E-state index in [4.69, 9.17) is 4.74 Å². The number of rotatable bonds is 7. The second kappa shape index (κ2) is 8.86. The van der Waals surface area contributed by atoms with Gasteiger partial charge in [-0.05, 0) is 50.2 Å². The summed E-state index contributed by atoms with van der Waals surface area (Å²) in [4.78, 5) is 38.4. The largest absolute Gasteiger partial charge is 0.352 e. The first-order valence-corrected chi connectivity index (χ1v) is 10.2. The molecule has 152 valence electrons. The monoisotopic (exact) mass is 386 g/mol. The molecule has 3 rings (SSSR count). The van der Waals surface area contributed by atoms with Crippen molar-refractivity contribution in [3.8, 4) is 0 Å². The van der Waals surface area contributed by atoms with Crippen molar-refractivity contribution in [2.24, 2.45) is 11.3 Å². The van der Waals surface area contributed by atoms with Gasteiger partial charge in [0, 0.05) is 24.6 Å². The molecule has 1 heterocycles. The lowest BCUT2D eigenvalue weighted by Crippen LogP contribution is -2.43. The number of amides is 2. The third-order valence-electron chi connectivity index (χ3n) is 6.05. The van der Waals surface area contributed by atoms with E-state index in [0.717, 1.165) is 25.7 Å². The summed E-state index contributed by atoms with van der Waals surface area (Å²) in [6, 6.07) is 9.20. The van der Waals surface area contributed by atoms with Gasteiger partial charge in [-0.1, -0.05) is 25.1 Å². The van der Waals surface area contributed by atoms with Gasteiger partial charge in [-0.2, -0.15) is 0 Å². The van der Waals surface area contributed by atoms with Crippen LogP contribution in [0, 0.1) is 11.3 Å². The van der Waals surface area contributed by atoms with E-state index in [1.165, 1.54) is 0 Å². The molecular weight excluding hydrogens is 356 g/mol. The van der Waals surface area contributed by atoms with Gasteiger partial charge in [-0.15, -0.1) is 0 Å². The first-order chi connectivity index (χ1) is 13.4. The number of benzene rings is 1. The Morgan fingerprint density at radius 2 is 2.04 bits per heavy atom. The fourth-order valence-electron chi connectivity index (χ4n) is 4.37. The van der Waals surface area contributed by atoms with E-state index in [9.17, 15) is 14.4 Å². The number of carbonyl (C=O) groups is 3. The molecule has 1 aliphatic heterocycles. The number of nitrogens with one attached hydrogen (secondary N) is 1. The van der Waals surface area contributed by atoms with Crippen LogP contribution in [0.3, 0.4) is 0 Å². The van der Waals surface area contributed by atoms with Crippen LogP contribution in [0.4, 0.5) is 0 Å². The number of hydrogen-bond donors (Lipinski definition) is 1. The van der Waals surface area contributed by atoms with Gasteiger partial charge in [0.1, 0.15) is 12.8 Å². The zero-order valence-corrected chi connectivity index (χ0v) is 16.8. The Bertz CT molecular complexity index is 721. The van der Waals surface area contributed by atoms with Crippen molar-refractivity contribution >= 4 is 17.6 Å². The minimum atomic E-state index is -0.401. The molecule has 1 aromatic rings. The molecule has 0 radical (unpaired) electrons. The maximum atomic E-state index is 13.0. The maximum absolute atomic E-state index is 13.0. The minimum absolute atomic E-state index is 0.0333. The second-order valence-electron chi connectivity index (χ2n) is 8.26. The molecule has 1 saturated carbocycles. The van der Waals surface area contributed by atoms with Crippen LogP contribution in [0.5, 0.6) is 0 Å². The molecule has 1 N–H and O–H groups in total. The first kappa shape index (κ1) is 20.5. The van der Waals surface area contributed by atoms with E-state index in [1.54, 1.807) is 17.0 Å². The van der Waals surface area contributed by atoms with E-state index in [-0.39, 0.29) is 35.5 Å². The standard InChI is InChI=1S/C22H30N2O4/c1-3-24(19-13-18(25)15-28-19)21(27)17-9-10-22(2,14-17)11-12-23-20(26)16-7-5-4-6-8-16/h4-8,17,19H,3,9-15H2,1-2H3,(H,23,26)/t17-,19-,22+/m0/s1. The predicted octanol–water partition coefficient (Wildman–Crippen LogP) is 2.78. The van der Waals surface area contributed by atoms with Gasteiger partial charge in [0.05, 0.1) is 6.42 Å². The highest BCUT2D eigenvalue weighted by molar-refractivity contribution is 5.94. The van der Waals surface area contributed by atoms with Crippen LogP contribution in [0.2, 0.25) is 0 Å². The molecule has 0 spiro atoms. The van der Waals surface area contributed by atoms with Crippen molar-refractivity contribution in [3.63, 3.8) is 0 Å². The number of Topliss-reactive ketones (excluding diaryl/α,β-unsaturated/α-hetero) is 1. The Balaban J connectivity index is 1.49. The van der Waals surface area contributed by atoms with Gasteiger partial charge >= 0.3 is 0 Å². The molecule has 0 unspecified atom stereocenters. The molecule has 0 aromatic heterocycles. The molecule has 1 aliphatic carbocycles. The smallest absolute Gasteiger partial charge is 0.251 e. The number of ether oxygens (including phenoxy) is 1. The molecule has 2 amide bonds. The summed E-state index contributed by atoms with van der Waals surface area (Å²) < 4.78 is 5.49. The van der Waals surface area contributed by atoms with Gasteiger partial charge in [0.2, 0.25) is 5.91 Å². The van der Waals surface area contributed by atoms with Gasteiger partial charge in [-0.3, -0.25) is 14.4 Å². The van der Waals surface area contributed by atoms with Crippen LogP contribution < -0.4 is 5.32 Å². The van der Waals surface area contributed by atoms with E-state index >= 15 is 0 Å². The van der Waals surface area contributed by atoms with E-state index < -0.39 is 6.23 Å². The number of hydrogen-bond acceptors (Lipinski definition) is 4. The number of nitrogens with zero attached hydrogens (tertiary/aromatic N) is 1. The molecular formula is C22H30N2O4. The Hall–Kier alpha value is -2.21. The SMILES string of the molecule is CCN(C(=O)[C@H]1CC[C@](C)(CCNC(=O)c2ccccc2)C1)[C@@H]1CC(=O)CO1. The van der Waals surface area contributed by atoms with Crippen molar-refractivity contribution in [2.75, 3.05) is 19.7 Å². The Morgan fingerprint density at radius 1 is 1.29 bits per heavy atom.